The third-order valence-corrected chi connectivity index (χ3v) is 2.60. The lowest BCUT2D eigenvalue weighted by Gasteiger charge is -2.19. The Morgan fingerprint density at radius 3 is 2.39 bits per heavy atom. The highest BCUT2D eigenvalue weighted by molar-refractivity contribution is 5.94. The van der Waals surface area contributed by atoms with Crippen LogP contribution in [0.5, 0.6) is 11.5 Å². The van der Waals surface area contributed by atoms with Gasteiger partial charge in [0, 0.05) is 12.6 Å². The lowest BCUT2D eigenvalue weighted by atomic mass is 10.1. The maximum atomic E-state index is 12.3. The number of halogens is 3. The second-order valence-corrected chi connectivity index (χ2v) is 4.55. The highest BCUT2D eigenvalue weighted by Gasteiger charge is 2.31. The van der Waals surface area contributed by atoms with Crippen LogP contribution in [0.2, 0.25) is 0 Å². The van der Waals surface area contributed by atoms with Crippen LogP contribution in [0.25, 0.3) is 0 Å². The van der Waals surface area contributed by atoms with Crippen molar-refractivity contribution in [2.24, 2.45) is 0 Å². The summed E-state index contributed by atoms with van der Waals surface area (Å²) in [4.78, 5) is 23.0. The number of carboxylic acid groups (broad SMARTS) is 1. The van der Waals surface area contributed by atoms with Gasteiger partial charge >= 0.3 is 12.1 Å². The Morgan fingerprint density at radius 1 is 1.22 bits per heavy atom. The van der Waals surface area contributed by atoms with Gasteiger partial charge in [0.2, 0.25) is 0 Å². The number of carboxylic acids is 1. The van der Waals surface area contributed by atoms with Crippen LogP contribution in [-0.2, 0) is 4.79 Å². The lowest BCUT2D eigenvalue weighted by Crippen LogP contribution is -2.35. The fourth-order valence-corrected chi connectivity index (χ4v) is 1.73. The second-order valence-electron chi connectivity index (χ2n) is 4.55. The van der Waals surface area contributed by atoms with Gasteiger partial charge in [-0.15, -0.1) is 0 Å². The Hall–Kier alpha value is -2.45. The van der Waals surface area contributed by atoms with E-state index in [-0.39, 0.29) is 23.7 Å². The largest absolute Gasteiger partial charge is 0.490 e. The number of benzene rings is 1. The Bertz CT molecular complexity index is 574. The normalized spacial score (nSPS) is 11.0. The van der Waals surface area contributed by atoms with Crippen molar-refractivity contribution in [1.82, 2.24) is 4.90 Å². The fourth-order valence-electron chi connectivity index (χ4n) is 1.73. The van der Waals surface area contributed by atoms with Gasteiger partial charge < -0.3 is 19.5 Å². The molecule has 1 aromatic carbocycles. The predicted molar refractivity (Wildman–Crippen MR) is 73.8 cm³/mol. The molecule has 1 aromatic rings. The standard InChI is InChI=1S/C14H16F3NO5/c1-3-22-11-6-9(4-5-10(11)23-7-12(19)20)13(21)18(2)8-14(15,16)17/h4-6H,3,7-8H2,1-2H3,(H,19,20). The maximum absolute atomic E-state index is 12.3. The predicted octanol–water partition coefficient (Wildman–Crippen LogP) is 2.18. The highest BCUT2D eigenvalue weighted by Crippen LogP contribution is 2.29. The van der Waals surface area contributed by atoms with Crippen LogP contribution in [0.1, 0.15) is 17.3 Å². The fraction of sp³-hybridized carbons (Fsp3) is 0.429. The van der Waals surface area contributed by atoms with E-state index in [9.17, 15) is 22.8 Å². The zero-order valence-electron chi connectivity index (χ0n) is 12.5. The number of amides is 1. The molecule has 6 nitrogen and oxygen atoms in total. The molecule has 9 heteroatoms. The average molecular weight is 335 g/mol. The third-order valence-electron chi connectivity index (χ3n) is 2.60. The maximum Gasteiger partial charge on any atom is 0.406 e. The van der Waals surface area contributed by atoms with Gasteiger partial charge in [0.05, 0.1) is 6.61 Å². The molecule has 0 saturated heterocycles. The Balaban J connectivity index is 2.97. The molecule has 0 bridgehead atoms. The molecule has 1 amide bonds. The average Bonchev–Trinajstić information content (AvgIpc) is 2.43. The van der Waals surface area contributed by atoms with Crippen LogP contribution < -0.4 is 9.47 Å². The first-order chi connectivity index (χ1) is 10.6. The third kappa shape index (κ3) is 6.05. The highest BCUT2D eigenvalue weighted by atomic mass is 19.4. The molecule has 0 aliphatic carbocycles. The molecule has 0 unspecified atom stereocenters. The zero-order chi connectivity index (χ0) is 17.6. The number of hydrogen-bond donors (Lipinski definition) is 1. The summed E-state index contributed by atoms with van der Waals surface area (Å²) < 4.78 is 47.2. The minimum Gasteiger partial charge on any atom is -0.490 e. The summed E-state index contributed by atoms with van der Waals surface area (Å²) in [5.41, 5.74) is -0.0251. The van der Waals surface area contributed by atoms with E-state index in [4.69, 9.17) is 14.6 Å². The van der Waals surface area contributed by atoms with Crippen molar-refractivity contribution < 1.29 is 37.3 Å². The number of carbonyl (C=O) groups excluding carboxylic acids is 1. The smallest absolute Gasteiger partial charge is 0.406 e. The molecule has 1 N–H and O–H groups in total. The minimum absolute atomic E-state index is 0.0251. The van der Waals surface area contributed by atoms with Crippen molar-refractivity contribution in [3.8, 4) is 11.5 Å². The number of alkyl halides is 3. The van der Waals surface area contributed by atoms with E-state index >= 15 is 0 Å². The van der Waals surface area contributed by atoms with Crippen LogP contribution in [-0.4, -0.2) is 54.9 Å². The monoisotopic (exact) mass is 335 g/mol. The van der Waals surface area contributed by atoms with Gasteiger partial charge in [0.15, 0.2) is 18.1 Å². The summed E-state index contributed by atoms with van der Waals surface area (Å²) in [7, 11) is 1.03. The molecule has 0 radical (unpaired) electrons. The molecular formula is C14H16F3NO5. The summed E-state index contributed by atoms with van der Waals surface area (Å²) in [6, 6.07) is 3.74. The van der Waals surface area contributed by atoms with Crippen molar-refractivity contribution in [3.63, 3.8) is 0 Å². The number of aliphatic carboxylic acids is 1. The van der Waals surface area contributed by atoms with E-state index < -0.39 is 31.2 Å². The molecule has 23 heavy (non-hydrogen) atoms. The Morgan fingerprint density at radius 2 is 1.87 bits per heavy atom. The molecule has 0 aliphatic rings. The van der Waals surface area contributed by atoms with Gasteiger partial charge in [-0.2, -0.15) is 13.2 Å². The molecule has 0 fully saturated rings. The lowest BCUT2D eigenvalue weighted by molar-refractivity contribution is -0.139. The molecule has 0 heterocycles. The molecule has 1 rings (SSSR count). The molecule has 0 atom stereocenters. The van der Waals surface area contributed by atoms with Gasteiger partial charge in [0.25, 0.3) is 5.91 Å². The van der Waals surface area contributed by atoms with Crippen LogP contribution in [0.3, 0.4) is 0 Å². The molecule has 0 saturated carbocycles. The Kier molecular flexibility index (Phi) is 6.23. The van der Waals surface area contributed by atoms with E-state index in [1.165, 1.54) is 18.2 Å². The van der Waals surface area contributed by atoms with Crippen LogP contribution in [0, 0.1) is 0 Å². The SMILES string of the molecule is CCOc1cc(C(=O)N(C)CC(F)(F)F)ccc1OCC(=O)O. The van der Waals surface area contributed by atoms with E-state index in [1.54, 1.807) is 6.92 Å². The van der Waals surface area contributed by atoms with Crippen molar-refractivity contribution in [3.05, 3.63) is 23.8 Å². The second kappa shape index (κ2) is 7.70. The van der Waals surface area contributed by atoms with Gasteiger partial charge in [-0.25, -0.2) is 4.79 Å². The first-order valence-electron chi connectivity index (χ1n) is 6.57. The summed E-state index contributed by atoms with van der Waals surface area (Å²) >= 11 is 0. The Labute approximate surface area is 130 Å². The quantitative estimate of drug-likeness (QED) is 0.826. The number of rotatable bonds is 7. The number of ether oxygens (including phenoxy) is 2. The molecule has 0 aromatic heterocycles. The van der Waals surface area contributed by atoms with Gasteiger partial charge in [-0.05, 0) is 25.1 Å². The number of nitrogens with zero attached hydrogens (tertiary/aromatic N) is 1. The van der Waals surface area contributed by atoms with Gasteiger partial charge in [-0.1, -0.05) is 0 Å². The first kappa shape index (κ1) is 18.6. The van der Waals surface area contributed by atoms with Gasteiger partial charge in [0.1, 0.15) is 6.54 Å². The minimum atomic E-state index is -4.50. The van der Waals surface area contributed by atoms with Gasteiger partial charge in [-0.3, -0.25) is 4.79 Å². The van der Waals surface area contributed by atoms with Crippen LogP contribution >= 0.6 is 0 Å². The topological polar surface area (TPSA) is 76.1 Å². The van der Waals surface area contributed by atoms with Crippen molar-refractivity contribution >= 4 is 11.9 Å². The summed E-state index contributed by atoms with van der Waals surface area (Å²) in [6.07, 6.45) is -4.50. The number of carbonyl (C=O) groups is 2. The summed E-state index contributed by atoms with van der Waals surface area (Å²) in [5.74, 6) is -1.87. The first-order valence-corrected chi connectivity index (χ1v) is 6.57. The summed E-state index contributed by atoms with van der Waals surface area (Å²) in [6.45, 7) is -0.126. The zero-order valence-corrected chi connectivity index (χ0v) is 12.5. The molecule has 0 aliphatic heterocycles. The van der Waals surface area contributed by atoms with Crippen LogP contribution in [0.4, 0.5) is 13.2 Å². The van der Waals surface area contributed by atoms with E-state index in [0.717, 1.165) is 7.05 Å². The van der Waals surface area contributed by atoms with Crippen LogP contribution in [0.15, 0.2) is 18.2 Å². The molecule has 0 spiro atoms. The van der Waals surface area contributed by atoms with E-state index in [1.807, 2.05) is 0 Å². The van der Waals surface area contributed by atoms with Crippen molar-refractivity contribution in [2.45, 2.75) is 13.1 Å². The molecular weight excluding hydrogens is 319 g/mol. The number of hydrogen-bond acceptors (Lipinski definition) is 4. The van der Waals surface area contributed by atoms with Crippen molar-refractivity contribution in [1.29, 1.82) is 0 Å². The molecule has 128 valence electrons. The summed E-state index contributed by atoms with van der Waals surface area (Å²) in [5, 5.41) is 8.59. The van der Waals surface area contributed by atoms with Crippen molar-refractivity contribution in [2.75, 3.05) is 26.8 Å². The van der Waals surface area contributed by atoms with E-state index in [0.29, 0.717) is 4.90 Å². The van der Waals surface area contributed by atoms with E-state index in [2.05, 4.69) is 0 Å².